The van der Waals surface area contributed by atoms with Gasteiger partial charge in [-0.1, -0.05) is 13.8 Å². The third-order valence-corrected chi connectivity index (χ3v) is 7.54. The van der Waals surface area contributed by atoms with Gasteiger partial charge in [0.25, 0.3) is 5.91 Å². The van der Waals surface area contributed by atoms with Crippen LogP contribution in [0.2, 0.25) is 0 Å². The molecule has 0 unspecified atom stereocenters. The number of nitrogens with two attached hydrogens (primary N) is 1. The van der Waals surface area contributed by atoms with E-state index in [9.17, 15) is 4.79 Å². The van der Waals surface area contributed by atoms with E-state index in [1.165, 1.54) is 21.8 Å². The van der Waals surface area contributed by atoms with Crippen LogP contribution in [0.3, 0.4) is 0 Å². The number of thiazole rings is 1. The van der Waals surface area contributed by atoms with Crippen molar-refractivity contribution in [1.82, 2.24) is 9.88 Å². The predicted octanol–water partition coefficient (Wildman–Crippen LogP) is 3.95. The van der Waals surface area contributed by atoms with Crippen LogP contribution in [0, 0.1) is 5.92 Å². The molecule has 4 heterocycles. The van der Waals surface area contributed by atoms with E-state index < -0.39 is 0 Å². The molecule has 1 atom stereocenters. The van der Waals surface area contributed by atoms with Crippen LogP contribution in [0.4, 0.5) is 0 Å². The van der Waals surface area contributed by atoms with E-state index in [4.69, 9.17) is 10.5 Å². The molecule has 7 heteroatoms. The van der Waals surface area contributed by atoms with Gasteiger partial charge >= 0.3 is 0 Å². The first-order chi connectivity index (χ1) is 13.0. The Morgan fingerprint density at radius 3 is 2.89 bits per heavy atom. The second-order valence-electron chi connectivity index (χ2n) is 7.95. The highest BCUT2D eigenvalue weighted by atomic mass is 32.1. The molecule has 146 valence electrons. The summed E-state index contributed by atoms with van der Waals surface area (Å²) < 4.78 is 6.24. The third-order valence-electron chi connectivity index (χ3n) is 5.59. The van der Waals surface area contributed by atoms with Crippen LogP contribution in [0.1, 0.15) is 65.1 Å². The first kappa shape index (κ1) is 19.1. The van der Waals surface area contributed by atoms with Gasteiger partial charge in [0.2, 0.25) is 0 Å². The fraction of sp³-hybridized carbons (Fsp3) is 0.600. The number of hydrogen-bond donors (Lipinski definition) is 1. The lowest BCUT2D eigenvalue weighted by Crippen LogP contribution is -2.48. The number of rotatable bonds is 4. The van der Waals surface area contributed by atoms with E-state index >= 15 is 0 Å². The number of hydrogen-bond acceptors (Lipinski definition) is 6. The quantitative estimate of drug-likeness (QED) is 0.836. The molecule has 0 radical (unpaired) electrons. The molecule has 1 saturated heterocycles. The molecule has 27 heavy (non-hydrogen) atoms. The van der Waals surface area contributed by atoms with Crippen molar-refractivity contribution in [1.29, 1.82) is 0 Å². The van der Waals surface area contributed by atoms with Crippen molar-refractivity contribution in [3.8, 4) is 0 Å². The molecule has 1 fully saturated rings. The second kappa shape index (κ2) is 7.62. The summed E-state index contributed by atoms with van der Waals surface area (Å²) in [5.74, 6) is 0.532. The number of aromatic nitrogens is 1. The molecule has 4 rings (SSSR count). The molecule has 0 aliphatic carbocycles. The summed E-state index contributed by atoms with van der Waals surface area (Å²) in [5.41, 5.74) is 7.91. The maximum atomic E-state index is 12.9. The zero-order chi connectivity index (χ0) is 19.0. The fourth-order valence-electron chi connectivity index (χ4n) is 4.17. The summed E-state index contributed by atoms with van der Waals surface area (Å²) >= 11 is 3.32. The SMILES string of the molecule is CC(C)C[C@H](N)c1nc(C(=O)N2CCC3(CC2)OCCc2sccc23)cs1. The fourth-order valence-corrected chi connectivity index (χ4v) is 5.93. The molecule has 1 amide bonds. The van der Waals surface area contributed by atoms with Crippen LogP contribution >= 0.6 is 22.7 Å². The summed E-state index contributed by atoms with van der Waals surface area (Å²) in [6, 6.07) is 2.12. The zero-order valence-corrected chi connectivity index (χ0v) is 17.6. The molecule has 2 aromatic rings. The number of likely N-dealkylation sites (tertiary alicyclic amines) is 1. The Morgan fingerprint density at radius 1 is 1.37 bits per heavy atom. The molecule has 0 bridgehead atoms. The van der Waals surface area contributed by atoms with E-state index in [2.05, 4.69) is 30.3 Å². The minimum atomic E-state index is -0.197. The molecule has 0 saturated carbocycles. The van der Waals surface area contributed by atoms with Crippen LogP contribution in [0.5, 0.6) is 0 Å². The van der Waals surface area contributed by atoms with Gasteiger partial charge < -0.3 is 15.4 Å². The molecular formula is C20H27N3O2S2. The topological polar surface area (TPSA) is 68.5 Å². The number of ether oxygens (including phenoxy) is 1. The van der Waals surface area contributed by atoms with Crippen LogP contribution in [-0.4, -0.2) is 35.5 Å². The van der Waals surface area contributed by atoms with E-state index in [-0.39, 0.29) is 17.6 Å². The van der Waals surface area contributed by atoms with Crippen molar-refractivity contribution >= 4 is 28.6 Å². The van der Waals surface area contributed by atoms with Gasteiger partial charge in [-0.25, -0.2) is 4.98 Å². The van der Waals surface area contributed by atoms with Crippen LogP contribution in [0.25, 0.3) is 0 Å². The Labute approximate surface area is 168 Å². The molecule has 2 N–H and O–H groups in total. The van der Waals surface area contributed by atoms with Gasteiger partial charge in [0.15, 0.2) is 0 Å². The molecule has 0 aromatic carbocycles. The Balaban J connectivity index is 1.42. The van der Waals surface area contributed by atoms with Crippen molar-refractivity contribution in [2.24, 2.45) is 11.7 Å². The van der Waals surface area contributed by atoms with E-state index in [0.29, 0.717) is 24.7 Å². The van der Waals surface area contributed by atoms with Gasteiger partial charge in [-0.3, -0.25) is 4.79 Å². The van der Waals surface area contributed by atoms with Crippen LogP contribution in [0.15, 0.2) is 16.8 Å². The number of carbonyl (C=O) groups excluding carboxylic acids is 1. The van der Waals surface area contributed by atoms with Gasteiger partial charge in [-0.05, 0) is 42.2 Å². The Hall–Kier alpha value is -1.28. The second-order valence-corrected chi connectivity index (χ2v) is 9.84. The van der Waals surface area contributed by atoms with E-state index in [0.717, 1.165) is 37.3 Å². The minimum absolute atomic E-state index is 0.0189. The van der Waals surface area contributed by atoms with E-state index in [1.54, 1.807) is 0 Å². The van der Waals surface area contributed by atoms with Gasteiger partial charge in [0.05, 0.1) is 18.2 Å². The average molecular weight is 406 g/mol. The highest BCUT2D eigenvalue weighted by Crippen LogP contribution is 2.43. The van der Waals surface area contributed by atoms with Crippen molar-refractivity contribution in [2.45, 2.75) is 51.2 Å². The van der Waals surface area contributed by atoms with E-state index in [1.807, 2.05) is 21.6 Å². The number of thiophene rings is 1. The average Bonchev–Trinajstić information content (AvgIpc) is 3.32. The Bertz CT molecular complexity index is 806. The van der Waals surface area contributed by atoms with Crippen molar-refractivity contribution in [3.05, 3.63) is 38.0 Å². The summed E-state index contributed by atoms with van der Waals surface area (Å²) in [7, 11) is 0. The molecular weight excluding hydrogens is 378 g/mol. The van der Waals surface area contributed by atoms with Gasteiger partial charge in [-0.15, -0.1) is 22.7 Å². The summed E-state index contributed by atoms with van der Waals surface area (Å²) in [6.45, 7) is 6.49. The number of nitrogens with zero attached hydrogens (tertiary/aromatic N) is 2. The summed E-state index contributed by atoms with van der Waals surface area (Å²) in [4.78, 5) is 20.8. The first-order valence-corrected chi connectivity index (χ1v) is 11.5. The lowest BCUT2D eigenvalue weighted by Gasteiger charge is -2.43. The van der Waals surface area contributed by atoms with Crippen molar-refractivity contribution < 1.29 is 9.53 Å². The molecule has 2 aromatic heterocycles. The zero-order valence-electron chi connectivity index (χ0n) is 15.9. The smallest absolute Gasteiger partial charge is 0.273 e. The number of carbonyl (C=O) groups is 1. The lowest BCUT2D eigenvalue weighted by atomic mass is 9.82. The molecule has 1 spiro atoms. The monoisotopic (exact) mass is 405 g/mol. The Morgan fingerprint density at radius 2 is 2.15 bits per heavy atom. The molecule has 2 aliphatic heterocycles. The molecule has 2 aliphatic rings. The summed E-state index contributed by atoms with van der Waals surface area (Å²) in [5, 5.41) is 4.88. The summed E-state index contributed by atoms with van der Waals surface area (Å²) in [6.07, 6.45) is 3.60. The minimum Gasteiger partial charge on any atom is -0.370 e. The third kappa shape index (κ3) is 3.70. The first-order valence-electron chi connectivity index (χ1n) is 9.69. The molecule has 5 nitrogen and oxygen atoms in total. The highest BCUT2D eigenvalue weighted by molar-refractivity contribution is 7.10. The van der Waals surface area contributed by atoms with Gasteiger partial charge in [-0.2, -0.15) is 0 Å². The maximum Gasteiger partial charge on any atom is 0.273 e. The largest absolute Gasteiger partial charge is 0.370 e. The van der Waals surface area contributed by atoms with Gasteiger partial charge in [0, 0.05) is 29.8 Å². The van der Waals surface area contributed by atoms with Crippen molar-refractivity contribution in [2.75, 3.05) is 19.7 Å². The maximum absolute atomic E-state index is 12.9. The number of amides is 1. The highest BCUT2D eigenvalue weighted by Gasteiger charge is 2.42. The van der Waals surface area contributed by atoms with Crippen LogP contribution < -0.4 is 5.73 Å². The standard InChI is InChI=1S/C20H27N3O2S2/c1-13(2)11-15(21)18-22-16(12-27-18)19(24)23-7-5-20(6-8-23)14-4-10-26-17(14)3-9-25-20/h4,10,12-13,15H,3,5-9,11,21H2,1-2H3/t15-/m0/s1. The van der Waals surface area contributed by atoms with Gasteiger partial charge in [0.1, 0.15) is 10.7 Å². The number of piperidine rings is 1. The van der Waals surface area contributed by atoms with Crippen LogP contribution in [-0.2, 0) is 16.8 Å². The lowest BCUT2D eigenvalue weighted by molar-refractivity contribution is -0.0926. The predicted molar refractivity (Wildman–Crippen MR) is 109 cm³/mol. The van der Waals surface area contributed by atoms with Crippen molar-refractivity contribution in [3.63, 3.8) is 0 Å². The number of fused-ring (bicyclic) bond motifs is 2. The Kier molecular flexibility index (Phi) is 5.38. The normalized spacial score (nSPS) is 20.1.